The summed E-state index contributed by atoms with van der Waals surface area (Å²) in [4.78, 5) is 16.2. The summed E-state index contributed by atoms with van der Waals surface area (Å²) in [6.07, 6.45) is 1.95. The van der Waals surface area contributed by atoms with Gasteiger partial charge in [0, 0.05) is 26.2 Å². The van der Waals surface area contributed by atoms with E-state index >= 15 is 0 Å². The van der Waals surface area contributed by atoms with Crippen molar-refractivity contribution >= 4 is 5.91 Å². The van der Waals surface area contributed by atoms with Gasteiger partial charge in [0.05, 0.1) is 11.5 Å². The Hall–Kier alpha value is -1.93. The predicted molar refractivity (Wildman–Crippen MR) is 75.7 cm³/mol. The van der Waals surface area contributed by atoms with Gasteiger partial charge in [-0.15, -0.1) is 0 Å². The monoisotopic (exact) mass is 287 g/mol. The van der Waals surface area contributed by atoms with Crippen LogP contribution in [-0.2, 0) is 11.3 Å². The van der Waals surface area contributed by atoms with E-state index in [1.54, 1.807) is 11.0 Å². The van der Waals surface area contributed by atoms with Gasteiger partial charge in [-0.3, -0.25) is 9.69 Å². The third-order valence-electron chi connectivity index (χ3n) is 4.59. The maximum absolute atomic E-state index is 13.7. The van der Waals surface area contributed by atoms with Crippen LogP contribution in [0.2, 0.25) is 0 Å². The standard InChI is InChI=1S/C16H18FN3O/c1-19-10-15-13(16(19)21)3-2-6-20(15)9-11-4-5-12(8-18)14(17)7-11/h4-5,7,13,15H,2-3,6,9-10H2,1H3/t13-,15-/m1/s1. The second-order valence-corrected chi connectivity index (χ2v) is 5.93. The highest BCUT2D eigenvalue weighted by molar-refractivity contribution is 5.81. The van der Waals surface area contributed by atoms with Crippen LogP contribution in [-0.4, -0.2) is 41.9 Å². The number of likely N-dealkylation sites (tertiary alicyclic amines) is 2. The highest BCUT2D eigenvalue weighted by Crippen LogP contribution is 2.32. The Kier molecular flexibility index (Phi) is 3.64. The first-order chi connectivity index (χ1) is 10.1. The molecule has 2 fully saturated rings. The number of benzene rings is 1. The average molecular weight is 287 g/mol. The number of nitrogens with zero attached hydrogens (tertiary/aromatic N) is 3. The number of amides is 1. The van der Waals surface area contributed by atoms with Crippen molar-refractivity contribution in [3.05, 3.63) is 35.1 Å². The number of rotatable bonds is 2. The Morgan fingerprint density at radius 2 is 2.29 bits per heavy atom. The van der Waals surface area contributed by atoms with Crippen molar-refractivity contribution in [2.24, 2.45) is 5.92 Å². The van der Waals surface area contributed by atoms with E-state index in [4.69, 9.17) is 5.26 Å². The van der Waals surface area contributed by atoms with Gasteiger partial charge in [0.2, 0.25) is 5.91 Å². The summed E-state index contributed by atoms with van der Waals surface area (Å²) >= 11 is 0. The van der Waals surface area contributed by atoms with E-state index in [0.29, 0.717) is 6.54 Å². The third kappa shape index (κ3) is 2.52. The highest BCUT2D eigenvalue weighted by Gasteiger charge is 2.43. The molecule has 1 aromatic carbocycles. The van der Waals surface area contributed by atoms with E-state index in [-0.39, 0.29) is 23.4 Å². The first-order valence-corrected chi connectivity index (χ1v) is 7.27. The molecule has 2 aliphatic heterocycles. The van der Waals surface area contributed by atoms with Gasteiger partial charge in [0.15, 0.2) is 0 Å². The molecule has 1 aromatic rings. The molecule has 0 spiro atoms. The summed E-state index contributed by atoms with van der Waals surface area (Å²) in [5.41, 5.74) is 0.931. The van der Waals surface area contributed by atoms with Crippen LogP contribution >= 0.6 is 0 Å². The van der Waals surface area contributed by atoms with Crippen LogP contribution in [0.5, 0.6) is 0 Å². The number of piperidine rings is 1. The molecule has 0 saturated carbocycles. The van der Waals surface area contributed by atoms with Crippen LogP contribution in [0.15, 0.2) is 18.2 Å². The number of fused-ring (bicyclic) bond motifs is 1. The molecule has 0 aromatic heterocycles. The fourth-order valence-corrected chi connectivity index (χ4v) is 3.49. The minimum Gasteiger partial charge on any atom is -0.344 e. The van der Waals surface area contributed by atoms with E-state index in [9.17, 15) is 9.18 Å². The van der Waals surface area contributed by atoms with Crippen LogP contribution in [0.4, 0.5) is 4.39 Å². The molecule has 1 amide bonds. The largest absolute Gasteiger partial charge is 0.344 e. The van der Waals surface area contributed by atoms with Crippen LogP contribution in [0.1, 0.15) is 24.0 Å². The quantitative estimate of drug-likeness (QED) is 0.832. The number of halogens is 1. The van der Waals surface area contributed by atoms with Gasteiger partial charge in [-0.25, -0.2) is 4.39 Å². The van der Waals surface area contributed by atoms with Crippen molar-refractivity contribution in [2.75, 3.05) is 20.1 Å². The maximum atomic E-state index is 13.7. The van der Waals surface area contributed by atoms with Crippen molar-refractivity contribution in [1.82, 2.24) is 9.80 Å². The van der Waals surface area contributed by atoms with Crippen LogP contribution < -0.4 is 0 Å². The lowest BCUT2D eigenvalue weighted by atomic mass is 9.91. The Labute approximate surface area is 123 Å². The lowest BCUT2D eigenvalue weighted by Gasteiger charge is -2.35. The van der Waals surface area contributed by atoms with Crippen molar-refractivity contribution in [3.8, 4) is 6.07 Å². The number of carbonyl (C=O) groups is 1. The molecule has 0 N–H and O–H groups in total. The molecule has 4 nitrogen and oxygen atoms in total. The zero-order valence-electron chi connectivity index (χ0n) is 12.1. The number of nitriles is 1. The molecule has 0 radical (unpaired) electrons. The van der Waals surface area contributed by atoms with Gasteiger partial charge in [-0.2, -0.15) is 5.26 Å². The highest BCUT2D eigenvalue weighted by atomic mass is 19.1. The van der Waals surface area contributed by atoms with Gasteiger partial charge in [-0.05, 0) is 37.1 Å². The summed E-state index contributed by atoms with van der Waals surface area (Å²) in [5, 5.41) is 8.77. The second-order valence-electron chi connectivity index (χ2n) is 5.93. The van der Waals surface area contributed by atoms with Gasteiger partial charge in [0.1, 0.15) is 11.9 Å². The Morgan fingerprint density at radius 3 is 3.00 bits per heavy atom. The second kappa shape index (κ2) is 5.45. The van der Waals surface area contributed by atoms with E-state index in [1.807, 2.05) is 13.1 Å². The first-order valence-electron chi connectivity index (χ1n) is 7.27. The first kappa shape index (κ1) is 14.0. The lowest BCUT2D eigenvalue weighted by Crippen LogP contribution is -2.44. The van der Waals surface area contributed by atoms with Gasteiger partial charge < -0.3 is 4.90 Å². The summed E-state index contributed by atoms with van der Waals surface area (Å²) in [6, 6.07) is 6.82. The number of hydrogen-bond donors (Lipinski definition) is 0. The third-order valence-corrected chi connectivity index (χ3v) is 4.59. The molecule has 21 heavy (non-hydrogen) atoms. The Morgan fingerprint density at radius 1 is 1.48 bits per heavy atom. The fraction of sp³-hybridized carbons (Fsp3) is 0.500. The molecule has 0 aliphatic carbocycles. The van der Waals surface area contributed by atoms with Crippen molar-refractivity contribution < 1.29 is 9.18 Å². The zero-order valence-corrected chi connectivity index (χ0v) is 12.1. The minimum atomic E-state index is -0.469. The molecule has 2 heterocycles. The maximum Gasteiger partial charge on any atom is 0.227 e. The normalized spacial score (nSPS) is 25.8. The lowest BCUT2D eigenvalue weighted by molar-refractivity contribution is -0.130. The van der Waals surface area contributed by atoms with Crippen molar-refractivity contribution in [3.63, 3.8) is 0 Å². The van der Waals surface area contributed by atoms with Gasteiger partial charge in [-0.1, -0.05) is 6.07 Å². The smallest absolute Gasteiger partial charge is 0.227 e. The van der Waals surface area contributed by atoms with Crippen molar-refractivity contribution in [1.29, 1.82) is 5.26 Å². The van der Waals surface area contributed by atoms with E-state index in [1.165, 1.54) is 12.1 Å². The molecular formula is C16H18FN3O. The van der Waals surface area contributed by atoms with Crippen LogP contribution in [0, 0.1) is 23.1 Å². The Bertz CT molecular complexity index is 610. The summed E-state index contributed by atoms with van der Waals surface area (Å²) in [5.74, 6) is -0.147. The molecule has 2 atom stereocenters. The Balaban J connectivity index is 1.77. The van der Waals surface area contributed by atoms with Crippen LogP contribution in [0.25, 0.3) is 0 Å². The fourth-order valence-electron chi connectivity index (χ4n) is 3.49. The molecule has 2 saturated heterocycles. The van der Waals surface area contributed by atoms with E-state index in [2.05, 4.69) is 4.90 Å². The molecule has 2 aliphatic rings. The van der Waals surface area contributed by atoms with E-state index < -0.39 is 5.82 Å². The average Bonchev–Trinajstić information content (AvgIpc) is 2.76. The molecule has 5 heteroatoms. The molecule has 0 bridgehead atoms. The number of hydrogen-bond acceptors (Lipinski definition) is 3. The summed E-state index contributed by atoms with van der Waals surface area (Å²) in [7, 11) is 1.85. The molecule has 3 rings (SSSR count). The molecular weight excluding hydrogens is 269 g/mol. The number of carbonyl (C=O) groups excluding carboxylic acids is 1. The topological polar surface area (TPSA) is 47.3 Å². The summed E-state index contributed by atoms with van der Waals surface area (Å²) < 4.78 is 13.7. The molecule has 0 unspecified atom stereocenters. The zero-order chi connectivity index (χ0) is 15.0. The van der Waals surface area contributed by atoms with Gasteiger partial charge >= 0.3 is 0 Å². The van der Waals surface area contributed by atoms with Gasteiger partial charge in [0.25, 0.3) is 0 Å². The summed E-state index contributed by atoms with van der Waals surface area (Å²) in [6.45, 7) is 2.32. The van der Waals surface area contributed by atoms with Crippen LogP contribution in [0.3, 0.4) is 0 Å². The predicted octanol–water partition coefficient (Wildman–Crippen LogP) is 1.75. The van der Waals surface area contributed by atoms with Crippen molar-refractivity contribution in [2.45, 2.75) is 25.4 Å². The molecule has 110 valence electrons. The minimum absolute atomic E-state index is 0.0750. The van der Waals surface area contributed by atoms with E-state index in [0.717, 1.165) is 31.5 Å². The number of likely N-dealkylation sites (N-methyl/N-ethyl adjacent to an activating group) is 1. The SMILES string of the molecule is CN1C[C@@H]2[C@@H](CCCN2Cc2ccc(C#N)c(F)c2)C1=O.